The first-order valence-corrected chi connectivity index (χ1v) is 6.92. The van der Waals surface area contributed by atoms with Gasteiger partial charge in [0.1, 0.15) is 0 Å². The van der Waals surface area contributed by atoms with Crippen molar-refractivity contribution in [1.82, 2.24) is 9.38 Å². The van der Waals surface area contributed by atoms with E-state index in [0.29, 0.717) is 0 Å². The summed E-state index contributed by atoms with van der Waals surface area (Å²) < 4.78 is 2.13. The SMILES string of the molecule is Cc1cccc(CSc2ncc3ccccn23)c1. The van der Waals surface area contributed by atoms with E-state index in [1.54, 1.807) is 11.8 Å². The van der Waals surface area contributed by atoms with Gasteiger partial charge in [-0.25, -0.2) is 4.98 Å². The summed E-state index contributed by atoms with van der Waals surface area (Å²) in [5, 5.41) is 1.05. The van der Waals surface area contributed by atoms with Crippen molar-refractivity contribution in [3.05, 3.63) is 66.0 Å². The maximum absolute atomic E-state index is 4.46. The van der Waals surface area contributed by atoms with Crippen LogP contribution >= 0.6 is 11.8 Å². The fourth-order valence-electron chi connectivity index (χ4n) is 1.98. The van der Waals surface area contributed by atoms with E-state index in [-0.39, 0.29) is 0 Å². The lowest BCUT2D eigenvalue weighted by Crippen LogP contribution is -1.87. The molecule has 90 valence electrons. The standard InChI is InChI=1S/C15H14N2S/c1-12-5-4-6-13(9-12)11-18-15-16-10-14-7-2-3-8-17(14)15/h2-10H,11H2,1H3. The molecule has 2 heterocycles. The summed E-state index contributed by atoms with van der Waals surface area (Å²) in [5.41, 5.74) is 3.79. The summed E-state index contributed by atoms with van der Waals surface area (Å²) in [4.78, 5) is 4.46. The minimum absolute atomic E-state index is 0.954. The minimum Gasteiger partial charge on any atom is -0.295 e. The molecule has 0 aliphatic heterocycles. The van der Waals surface area contributed by atoms with E-state index in [9.17, 15) is 0 Å². The first kappa shape index (κ1) is 11.4. The molecule has 18 heavy (non-hydrogen) atoms. The molecule has 0 amide bonds. The van der Waals surface area contributed by atoms with Crippen LogP contribution in [-0.2, 0) is 5.75 Å². The zero-order valence-corrected chi connectivity index (χ0v) is 11.0. The van der Waals surface area contributed by atoms with Crippen molar-refractivity contribution in [2.45, 2.75) is 17.8 Å². The number of fused-ring (bicyclic) bond motifs is 1. The van der Waals surface area contributed by atoms with Gasteiger partial charge in [-0.1, -0.05) is 47.7 Å². The van der Waals surface area contributed by atoms with Crippen LogP contribution in [0.4, 0.5) is 0 Å². The number of aryl methyl sites for hydroxylation is 1. The Balaban J connectivity index is 1.81. The predicted octanol–water partition coefficient (Wildman–Crippen LogP) is 3.94. The van der Waals surface area contributed by atoms with Crippen molar-refractivity contribution < 1.29 is 0 Å². The number of nitrogens with zero attached hydrogens (tertiary/aromatic N) is 2. The highest BCUT2D eigenvalue weighted by Gasteiger charge is 2.03. The Bertz CT molecular complexity index is 673. The van der Waals surface area contributed by atoms with Crippen LogP contribution in [0.2, 0.25) is 0 Å². The number of benzene rings is 1. The van der Waals surface area contributed by atoms with Crippen molar-refractivity contribution in [3.63, 3.8) is 0 Å². The topological polar surface area (TPSA) is 17.3 Å². The molecule has 3 heteroatoms. The van der Waals surface area contributed by atoms with Gasteiger partial charge in [-0.15, -0.1) is 0 Å². The van der Waals surface area contributed by atoms with E-state index < -0.39 is 0 Å². The fraction of sp³-hybridized carbons (Fsp3) is 0.133. The quantitative estimate of drug-likeness (QED) is 0.659. The number of aromatic nitrogens is 2. The first-order valence-electron chi connectivity index (χ1n) is 5.93. The first-order chi connectivity index (χ1) is 8.83. The van der Waals surface area contributed by atoms with Gasteiger partial charge in [-0.05, 0) is 24.6 Å². The zero-order chi connectivity index (χ0) is 12.4. The van der Waals surface area contributed by atoms with Crippen LogP contribution in [0.1, 0.15) is 11.1 Å². The lowest BCUT2D eigenvalue weighted by atomic mass is 10.2. The van der Waals surface area contributed by atoms with Gasteiger partial charge >= 0.3 is 0 Å². The van der Waals surface area contributed by atoms with Crippen LogP contribution in [-0.4, -0.2) is 9.38 Å². The molecule has 3 aromatic rings. The van der Waals surface area contributed by atoms with Gasteiger partial charge in [0.05, 0.1) is 11.7 Å². The van der Waals surface area contributed by atoms with Crippen LogP contribution in [0.15, 0.2) is 60.0 Å². The molecule has 0 saturated carbocycles. The van der Waals surface area contributed by atoms with Crippen LogP contribution in [0.25, 0.3) is 5.52 Å². The van der Waals surface area contributed by atoms with E-state index in [1.807, 2.05) is 18.3 Å². The predicted molar refractivity (Wildman–Crippen MR) is 75.9 cm³/mol. The highest BCUT2D eigenvalue weighted by atomic mass is 32.2. The molecule has 0 atom stereocenters. The molecule has 0 unspecified atom stereocenters. The second-order valence-electron chi connectivity index (χ2n) is 4.31. The van der Waals surface area contributed by atoms with Crippen LogP contribution < -0.4 is 0 Å². The van der Waals surface area contributed by atoms with Gasteiger partial charge in [-0.2, -0.15) is 0 Å². The molecule has 0 aliphatic carbocycles. The lowest BCUT2D eigenvalue weighted by molar-refractivity contribution is 0.957. The second-order valence-corrected chi connectivity index (χ2v) is 5.26. The zero-order valence-electron chi connectivity index (χ0n) is 10.2. The third-order valence-electron chi connectivity index (χ3n) is 2.86. The Hall–Kier alpha value is -1.74. The summed E-state index contributed by atoms with van der Waals surface area (Å²) in [6.07, 6.45) is 3.97. The summed E-state index contributed by atoms with van der Waals surface area (Å²) in [6, 6.07) is 14.8. The molecular formula is C15H14N2S. The Morgan fingerprint density at radius 1 is 1.17 bits per heavy atom. The smallest absolute Gasteiger partial charge is 0.172 e. The Morgan fingerprint density at radius 3 is 3.00 bits per heavy atom. The van der Waals surface area contributed by atoms with Gasteiger partial charge in [0.2, 0.25) is 0 Å². The monoisotopic (exact) mass is 254 g/mol. The van der Waals surface area contributed by atoms with Gasteiger partial charge in [-0.3, -0.25) is 4.40 Å². The normalized spacial score (nSPS) is 10.9. The molecule has 0 bridgehead atoms. The summed E-state index contributed by atoms with van der Waals surface area (Å²) in [6.45, 7) is 2.12. The van der Waals surface area contributed by atoms with Crippen molar-refractivity contribution in [2.24, 2.45) is 0 Å². The average molecular weight is 254 g/mol. The van der Waals surface area contributed by atoms with Gasteiger partial charge in [0, 0.05) is 11.9 Å². The number of hydrogen-bond donors (Lipinski definition) is 0. The van der Waals surface area contributed by atoms with Crippen LogP contribution in [0, 0.1) is 6.92 Å². The third kappa shape index (κ3) is 2.27. The van der Waals surface area contributed by atoms with Crippen LogP contribution in [0.3, 0.4) is 0 Å². The lowest BCUT2D eigenvalue weighted by Gasteiger charge is -2.02. The summed E-state index contributed by atoms with van der Waals surface area (Å²) >= 11 is 1.77. The van der Waals surface area contributed by atoms with Gasteiger partial charge < -0.3 is 0 Å². The number of pyridine rings is 1. The highest BCUT2D eigenvalue weighted by Crippen LogP contribution is 2.22. The Labute approximate surface area is 111 Å². The number of imidazole rings is 1. The molecule has 0 fully saturated rings. The molecular weight excluding hydrogens is 240 g/mol. The molecule has 0 spiro atoms. The van der Waals surface area contributed by atoms with Crippen molar-refractivity contribution in [3.8, 4) is 0 Å². The molecule has 0 N–H and O–H groups in total. The molecule has 0 aliphatic rings. The molecule has 1 aromatic carbocycles. The van der Waals surface area contributed by atoms with E-state index in [4.69, 9.17) is 0 Å². The van der Waals surface area contributed by atoms with Crippen molar-refractivity contribution in [1.29, 1.82) is 0 Å². The number of thioether (sulfide) groups is 1. The number of rotatable bonds is 3. The van der Waals surface area contributed by atoms with E-state index in [0.717, 1.165) is 16.4 Å². The minimum atomic E-state index is 0.954. The number of hydrogen-bond acceptors (Lipinski definition) is 2. The van der Waals surface area contributed by atoms with Gasteiger partial charge in [0.15, 0.2) is 5.16 Å². The molecule has 0 saturated heterocycles. The molecule has 2 aromatic heterocycles. The van der Waals surface area contributed by atoms with Crippen molar-refractivity contribution in [2.75, 3.05) is 0 Å². The van der Waals surface area contributed by atoms with Crippen molar-refractivity contribution >= 4 is 17.3 Å². The summed E-state index contributed by atoms with van der Waals surface area (Å²) in [7, 11) is 0. The van der Waals surface area contributed by atoms with E-state index in [2.05, 4.69) is 52.8 Å². The molecule has 2 nitrogen and oxygen atoms in total. The molecule has 3 rings (SSSR count). The van der Waals surface area contributed by atoms with Gasteiger partial charge in [0.25, 0.3) is 0 Å². The maximum atomic E-state index is 4.46. The highest BCUT2D eigenvalue weighted by molar-refractivity contribution is 7.98. The Morgan fingerprint density at radius 2 is 2.11 bits per heavy atom. The van der Waals surface area contributed by atoms with E-state index >= 15 is 0 Å². The molecule has 0 radical (unpaired) electrons. The average Bonchev–Trinajstić information content (AvgIpc) is 2.80. The Kier molecular flexibility index (Phi) is 3.07. The van der Waals surface area contributed by atoms with Crippen LogP contribution in [0.5, 0.6) is 0 Å². The third-order valence-corrected chi connectivity index (χ3v) is 3.89. The maximum Gasteiger partial charge on any atom is 0.172 e. The fourth-order valence-corrected chi connectivity index (χ4v) is 2.88. The largest absolute Gasteiger partial charge is 0.295 e. The second kappa shape index (κ2) is 4.86. The van der Waals surface area contributed by atoms with E-state index in [1.165, 1.54) is 11.1 Å². The summed E-state index contributed by atoms with van der Waals surface area (Å²) in [5.74, 6) is 0.954.